The SMILES string of the molecule is Cc1ccc(Br)cc1S(=O)(=O)N1CCNC[C@@H]1C.Cl. The van der Waals surface area contributed by atoms with Crippen LogP contribution >= 0.6 is 28.3 Å². The molecule has 19 heavy (non-hydrogen) atoms. The number of piperazine rings is 1. The van der Waals surface area contributed by atoms with Gasteiger partial charge in [0.1, 0.15) is 0 Å². The molecule has 0 amide bonds. The molecule has 1 heterocycles. The first-order chi connectivity index (χ1) is 8.43. The Morgan fingerprint density at radius 3 is 2.74 bits per heavy atom. The minimum atomic E-state index is -3.40. The highest BCUT2D eigenvalue weighted by Crippen LogP contribution is 2.25. The van der Waals surface area contributed by atoms with Gasteiger partial charge in [0.05, 0.1) is 4.90 Å². The normalized spacial score (nSPS) is 20.9. The zero-order chi connectivity index (χ0) is 13.3. The molecule has 7 heteroatoms. The van der Waals surface area contributed by atoms with Crippen LogP contribution < -0.4 is 5.32 Å². The molecule has 0 bridgehead atoms. The van der Waals surface area contributed by atoms with Crippen LogP contribution in [0.25, 0.3) is 0 Å². The Labute approximate surface area is 129 Å². The minimum Gasteiger partial charge on any atom is -0.314 e. The zero-order valence-electron chi connectivity index (χ0n) is 10.9. The lowest BCUT2D eigenvalue weighted by Crippen LogP contribution is -2.52. The first kappa shape index (κ1) is 16.9. The van der Waals surface area contributed by atoms with Crippen LogP contribution in [0.1, 0.15) is 12.5 Å². The van der Waals surface area contributed by atoms with Crippen molar-refractivity contribution < 1.29 is 8.42 Å². The van der Waals surface area contributed by atoms with Crippen molar-refractivity contribution in [3.63, 3.8) is 0 Å². The maximum Gasteiger partial charge on any atom is 0.243 e. The second-order valence-electron chi connectivity index (χ2n) is 4.58. The van der Waals surface area contributed by atoms with E-state index in [9.17, 15) is 8.42 Å². The molecule has 0 spiro atoms. The monoisotopic (exact) mass is 368 g/mol. The molecule has 2 rings (SSSR count). The summed E-state index contributed by atoms with van der Waals surface area (Å²) in [5.74, 6) is 0. The van der Waals surface area contributed by atoms with E-state index < -0.39 is 10.0 Å². The Morgan fingerprint density at radius 2 is 2.11 bits per heavy atom. The van der Waals surface area contributed by atoms with Crippen molar-refractivity contribution in [2.45, 2.75) is 24.8 Å². The Kier molecular flexibility index (Phi) is 5.82. The summed E-state index contributed by atoms with van der Waals surface area (Å²) in [5, 5.41) is 3.20. The topological polar surface area (TPSA) is 49.4 Å². The van der Waals surface area contributed by atoms with Gasteiger partial charge in [-0.25, -0.2) is 8.42 Å². The third-order valence-electron chi connectivity index (χ3n) is 3.18. The van der Waals surface area contributed by atoms with Crippen molar-refractivity contribution in [2.75, 3.05) is 19.6 Å². The van der Waals surface area contributed by atoms with Crippen LogP contribution in [0.2, 0.25) is 0 Å². The van der Waals surface area contributed by atoms with Gasteiger partial charge in [0.15, 0.2) is 0 Å². The van der Waals surface area contributed by atoms with Crippen molar-refractivity contribution in [3.05, 3.63) is 28.2 Å². The molecule has 1 aliphatic rings. The first-order valence-corrected chi connectivity index (χ1v) is 8.15. The third kappa shape index (κ3) is 3.49. The molecule has 0 saturated carbocycles. The summed E-state index contributed by atoms with van der Waals surface area (Å²) in [6.45, 7) is 5.68. The van der Waals surface area contributed by atoms with Crippen LogP contribution in [-0.4, -0.2) is 38.4 Å². The second-order valence-corrected chi connectivity index (χ2v) is 7.35. The molecule has 1 N–H and O–H groups in total. The summed E-state index contributed by atoms with van der Waals surface area (Å²) in [6, 6.07) is 5.35. The summed E-state index contributed by atoms with van der Waals surface area (Å²) in [4.78, 5) is 0.394. The molecule has 0 unspecified atom stereocenters. The predicted molar refractivity (Wildman–Crippen MR) is 82.4 cm³/mol. The number of aryl methyl sites for hydroxylation is 1. The van der Waals surface area contributed by atoms with Crippen molar-refractivity contribution in [1.82, 2.24) is 9.62 Å². The number of hydrogen-bond donors (Lipinski definition) is 1. The molecule has 1 fully saturated rings. The van der Waals surface area contributed by atoms with Gasteiger partial charge < -0.3 is 5.32 Å². The van der Waals surface area contributed by atoms with E-state index in [0.29, 0.717) is 24.5 Å². The first-order valence-electron chi connectivity index (χ1n) is 5.91. The standard InChI is InChI=1S/C12H17BrN2O2S.ClH/c1-9-3-4-11(13)7-12(9)18(16,17)15-6-5-14-8-10(15)2;/h3-4,7,10,14H,5-6,8H2,1-2H3;1H/t10-;/m0./s1. The molecule has 108 valence electrons. The van der Waals surface area contributed by atoms with Gasteiger partial charge in [0.25, 0.3) is 0 Å². The number of rotatable bonds is 2. The van der Waals surface area contributed by atoms with Gasteiger partial charge in [-0.1, -0.05) is 22.0 Å². The summed E-state index contributed by atoms with van der Waals surface area (Å²) in [5.41, 5.74) is 0.781. The average Bonchev–Trinajstić information content (AvgIpc) is 2.32. The van der Waals surface area contributed by atoms with Gasteiger partial charge in [-0.05, 0) is 31.5 Å². The molecule has 1 saturated heterocycles. The number of benzene rings is 1. The van der Waals surface area contributed by atoms with E-state index in [-0.39, 0.29) is 18.4 Å². The number of sulfonamides is 1. The highest BCUT2D eigenvalue weighted by Gasteiger charge is 2.31. The Balaban J connectivity index is 0.00000180. The van der Waals surface area contributed by atoms with Crippen LogP contribution in [0.5, 0.6) is 0 Å². The van der Waals surface area contributed by atoms with Crippen molar-refractivity contribution in [1.29, 1.82) is 0 Å². The molecule has 1 aliphatic heterocycles. The van der Waals surface area contributed by atoms with Gasteiger partial charge in [-0.2, -0.15) is 4.31 Å². The van der Waals surface area contributed by atoms with Crippen LogP contribution in [0.15, 0.2) is 27.6 Å². The highest BCUT2D eigenvalue weighted by molar-refractivity contribution is 9.10. The predicted octanol–water partition coefficient (Wildman–Crippen LogP) is 2.16. The number of nitrogens with one attached hydrogen (secondary N) is 1. The molecule has 1 aromatic carbocycles. The minimum absolute atomic E-state index is 0. The van der Waals surface area contributed by atoms with E-state index in [4.69, 9.17) is 0 Å². The van der Waals surface area contributed by atoms with E-state index in [1.807, 2.05) is 26.0 Å². The number of halogens is 2. The zero-order valence-corrected chi connectivity index (χ0v) is 14.1. The molecule has 0 aliphatic carbocycles. The molecule has 1 aromatic rings. The van der Waals surface area contributed by atoms with Gasteiger partial charge in [0.2, 0.25) is 10.0 Å². The van der Waals surface area contributed by atoms with Crippen LogP contribution in [0, 0.1) is 6.92 Å². The largest absolute Gasteiger partial charge is 0.314 e. The number of hydrogen-bond acceptors (Lipinski definition) is 3. The summed E-state index contributed by atoms with van der Waals surface area (Å²) >= 11 is 3.33. The van der Waals surface area contributed by atoms with Crippen LogP contribution in [-0.2, 0) is 10.0 Å². The highest BCUT2D eigenvalue weighted by atomic mass is 79.9. The lowest BCUT2D eigenvalue weighted by Gasteiger charge is -2.33. The molecular weight excluding hydrogens is 352 g/mol. The average molecular weight is 370 g/mol. The van der Waals surface area contributed by atoms with Gasteiger partial charge in [-0.3, -0.25) is 0 Å². The van der Waals surface area contributed by atoms with E-state index in [0.717, 1.165) is 10.0 Å². The Bertz CT molecular complexity index is 551. The van der Waals surface area contributed by atoms with Gasteiger partial charge in [-0.15, -0.1) is 12.4 Å². The van der Waals surface area contributed by atoms with Crippen molar-refractivity contribution in [3.8, 4) is 0 Å². The number of nitrogens with zero attached hydrogens (tertiary/aromatic N) is 1. The lowest BCUT2D eigenvalue weighted by atomic mass is 10.2. The summed E-state index contributed by atoms with van der Waals surface area (Å²) < 4.78 is 27.7. The molecule has 0 aromatic heterocycles. The van der Waals surface area contributed by atoms with Crippen LogP contribution in [0.4, 0.5) is 0 Å². The Morgan fingerprint density at radius 1 is 1.42 bits per heavy atom. The molecule has 0 radical (unpaired) electrons. The van der Waals surface area contributed by atoms with E-state index in [2.05, 4.69) is 21.2 Å². The van der Waals surface area contributed by atoms with Gasteiger partial charge in [0, 0.05) is 30.1 Å². The van der Waals surface area contributed by atoms with Crippen LogP contribution in [0.3, 0.4) is 0 Å². The molecular formula is C12H18BrClN2O2S. The Hall–Kier alpha value is -0.140. The fraction of sp³-hybridized carbons (Fsp3) is 0.500. The maximum atomic E-state index is 12.6. The fourth-order valence-electron chi connectivity index (χ4n) is 2.16. The van der Waals surface area contributed by atoms with E-state index in [1.54, 1.807) is 10.4 Å². The fourth-order valence-corrected chi connectivity index (χ4v) is 4.55. The van der Waals surface area contributed by atoms with Crippen molar-refractivity contribution in [2.24, 2.45) is 0 Å². The van der Waals surface area contributed by atoms with Gasteiger partial charge >= 0.3 is 0 Å². The molecule has 4 nitrogen and oxygen atoms in total. The van der Waals surface area contributed by atoms with E-state index >= 15 is 0 Å². The molecule has 1 atom stereocenters. The van der Waals surface area contributed by atoms with E-state index in [1.165, 1.54) is 0 Å². The summed E-state index contributed by atoms with van der Waals surface area (Å²) in [7, 11) is -3.40. The maximum absolute atomic E-state index is 12.6. The van der Waals surface area contributed by atoms with Crippen molar-refractivity contribution >= 4 is 38.4 Å². The third-order valence-corrected chi connectivity index (χ3v) is 5.83. The smallest absolute Gasteiger partial charge is 0.243 e. The summed E-state index contributed by atoms with van der Waals surface area (Å²) in [6.07, 6.45) is 0. The quantitative estimate of drug-likeness (QED) is 0.869. The second kappa shape index (κ2) is 6.54. The lowest BCUT2D eigenvalue weighted by molar-refractivity contribution is 0.283.